The number of likely N-dealkylation sites (N-methyl/N-ethyl adjacent to an activating group) is 1. The minimum absolute atomic E-state index is 0.0918. The number of hydrogen-bond acceptors (Lipinski definition) is 6. The first kappa shape index (κ1) is 13.8. The summed E-state index contributed by atoms with van der Waals surface area (Å²) < 4.78 is 26.0. The van der Waals surface area contributed by atoms with Gasteiger partial charge in [0.1, 0.15) is 10.9 Å². The van der Waals surface area contributed by atoms with Crippen molar-refractivity contribution >= 4 is 33.4 Å². The number of likely N-dealkylation sites (tertiary alicyclic amines) is 1. The third kappa shape index (κ3) is 2.72. The van der Waals surface area contributed by atoms with E-state index < -0.39 is 27.9 Å². The van der Waals surface area contributed by atoms with Crippen molar-refractivity contribution in [3.05, 3.63) is 17.7 Å². The fraction of sp³-hybridized carbons (Fsp3) is 0.333. The van der Waals surface area contributed by atoms with Gasteiger partial charge >= 0.3 is 0 Å². The van der Waals surface area contributed by atoms with Crippen LogP contribution in [0.15, 0.2) is 17.3 Å². The first-order valence-electron chi connectivity index (χ1n) is 5.11. The number of sulfonamides is 1. The van der Waals surface area contributed by atoms with E-state index in [0.717, 1.165) is 17.3 Å². The number of imide groups is 1. The van der Waals surface area contributed by atoms with Gasteiger partial charge in [0, 0.05) is 7.05 Å². The molecule has 0 aliphatic carbocycles. The zero-order valence-electron chi connectivity index (χ0n) is 9.70. The number of nitrogens with zero attached hydrogens (tertiary/aromatic N) is 3. The number of amides is 2. The molecule has 0 aromatic carbocycles. The lowest BCUT2D eigenvalue weighted by Gasteiger charge is -2.11. The van der Waals surface area contributed by atoms with Gasteiger partial charge in [-0.15, -0.1) is 0 Å². The molecule has 1 unspecified atom stereocenters. The van der Waals surface area contributed by atoms with E-state index in [-0.39, 0.29) is 16.6 Å². The summed E-state index contributed by atoms with van der Waals surface area (Å²) in [4.78, 5) is 30.6. The maximum Gasteiger partial charge on any atom is 0.247 e. The fourth-order valence-electron chi connectivity index (χ4n) is 1.54. The molecular formula is C9H9ClN4O4S. The number of carbonyl (C=O) groups is 2. The second-order valence-corrected chi connectivity index (χ2v) is 5.91. The van der Waals surface area contributed by atoms with Gasteiger partial charge in [0.05, 0.1) is 18.8 Å². The molecule has 2 rings (SSSR count). The quantitative estimate of drug-likeness (QED) is 0.576. The number of aromatic nitrogens is 2. The summed E-state index contributed by atoms with van der Waals surface area (Å²) in [5.41, 5.74) is 0. The Morgan fingerprint density at radius 2 is 1.95 bits per heavy atom. The normalized spacial score (nSPS) is 20.1. The minimum atomic E-state index is -3.97. The van der Waals surface area contributed by atoms with Crippen molar-refractivity contribution < 1.29 is 18.0 Å². The number of rotatable bonds is 3. The van der Waals surface area contributed by atoms with Crippen molar-refractivity contribution in [3.63, 3.8) is 0 Å². The maximum absolute atomic E-state index is 11.9. The molecule has 0 spiro atoms. The summed E-state index contributed by atoms with van der Waals surface area (Å²) in [5.74, 6) is -1.03. The molecule has 19 heavy (non-hydrogen) atoms. The Hall–Kier alpha value is -1.58. The van der Waals surface area contributed by atoms with Gasteiger partial charge in [0.25, 0.3) is 0 Å². The Bertz CT molecular complexity index is 630. The van der Waals surface area contributed by atoms with Gasteiger partial charge in [-0.05, 0) is 11.6 Å². The molecule has 0 radical (unpaired) electrons. The van der Waals surface area contributed by atoms with Crippen molar-refractivity contribution in [1.82, 2.24) is 19.6 Å². The standard InChI is InChI=1S/C9H9ClN4O4S/c1-14-7(15)2-6(8(14)16)13-19(17,18)5-3-11-9(10)12-4-5/h3-4,6,13H,2H2,1H3. The third-order valence-corrected chi connectivity index (χ3v) is 4.21. The van der Waals surface area contributed by atoms with Crippen LogP contribution in [0.3, 0.4) is 0 Å². The molecule has 1 aromatic rings. The molecule has 1 N–H and O–H groups in total. The molecule has 10 heteroatoms. The summed E-state index contributed by atoms with van der Waals surface area (Å²) in [6.07, 6.45) is 1.83. The third-order valence-electron chi connectivity index (χ3n) is 2.59. The van der Waals surface area contributed by atoms with Gasteiger partial charge in [-0.1, -0.05) is 0 Å². The Kier molecular flexibility index (Phi) is 3.52. The zero-order chi connectivity index (χ0) is 14.2. The summed E-state index contributed by atoms with van der Waals surface area (Å²) in [7, 11) is -2.68. The average Bonchev–Trinajstić information content (AvgIpc) is 2.57. The van der Waals surface area contributed by atoms with Crippen LogP contribution < -0.4 is 4.72 Å². The Balaban J connectivity index is 2.21. The van der Waals surface area contributed by atoms with E-state index in [2.05, 4.69) is 14.7 Å². The van der Waals surface area contributed by atoms with E-state index in [1.54, 1.807) is 0 Å². The molecule has 2 amide bonds. The highest BCUT2D eigenvalue weighted by atomic mass is 35.5. The molecule has 1 saturated heterocycles. The molecule has 102 valence electrons. The maximum atomic E-state index is 11.9. The van der Waals surface area contributed by atoms with Crippen LogP contribution in [0.2, 0.25) is 5.28 Å². The number of nitrogens with one attached hydrogen (secondary N) is 1. The zero-order valence-corrected chi connectivity index (χ0v) is 11.3. The van der Waals surface area contributed by atoms with E-state index in [1.807, 2.05) is 0 Å². The second kappa shape index (κ2) is 4.83. The number of halogens is 1. The molecule has 2 heterocycles. The van der Waals surface area contributed by atoms with Crippen LogP contribution in [-0.2, 0) is 19.6 Å². The van der Waals surface area contributed by atoms with Gasteiger partial charge < -0.3 is 0 Å². The molecule has 1 fully saturated rings. The lowest BCUT2D eigenvalue weighted by molar-refractivity contribution is -0.137. The molecule has 0 saturated carbocycles. The largest absolute Gasteiger partial charge is 0.284 e. The van der Waals surface area contributed by atoms with E-state index >= 15 is 0 Å². The van der Waals surface area contributed by atoms with Crippen molar-refractivity contribution in [1.29, 1.82) is 0 Å². The van der Waals surface area contributed by atoms with Crippen LogP contribution in [0.25, 0.3) is 0 Å². The van der Waals surface area contributed by atoms with Crippen LogP contribution in [0.1, 0.15) is 6.42 Å². The van der Waals surface area contributed by atoms with Gasteiger partial charge in [0.2, 0.25) is 27.1 Å². The number of carbonyl (C=O) groups excluding carboxylic acids is 2. The molecule has 1 atom stereocenters. The van der Waals surface area contributed by atoms with E-state index in [4.69, 9.17) is 11.6 Å². The van der Waals surface area contributed by atoms with E-state index in [1.165, 1.54) is 7.05 Å². The number of hydrogen-bond donors (Lipinski definition) is 1. The Labute approximate surface area is 113 Å². The average molecular weight is 305 g/mol. The summed E-state index contributed by atoms with van der Waals surface area (Å²) >= 11 is 5.45. The predicted molar refractivity (Wildman–Crippen MR) is 63.5 cm³/mol. The smallest absolute Gasteiger partial charge is 0.247 e. The lowest BCUT2D eigenvalue weighted by atomic mass is 10.3. The van der Waals surface area contributed by atoms with Gasteiger partial charge in [0.15, 0.2) is 0 Å². The Morgan fingerprint density at radius 3 is 2.42 bits per heavy atom. The van der Waals surface area contributed by atoms with Gasteiger partial charge in [-0.2, -0.15) is 4.72 Å². The second-order valence-electron chi connectivity index (χ2n) is 3.86. The molecule has 0 bridgehead atoms. The fourth-order valence-corrected chi connectivity index (χ4v) is 2.72. The lowest BCUT2D eigenvalue weighted by Crippen LogP contribution is -2.40. The van der Waals surface area contributed by atoms with Crippen molar-refractivity contribution in [2.24, 2.45) is 0 Å². The van der Waals surface area contributed by atoms with E-state index in [9.17, 15) is 18.0 Å². The SMILES string of the molecule is CN1C(=O)CC(NS(=O)(=O)c2cnc(Cl)nc2)C1=O. The van der Waals surface area contributed by atoms with Crippen LogP contribution in [0, 0.1) is 0 Å². The van der Waals surface area contributed by atoms with Crippen LogP contribution in [0.4, 0.5) is 0 Å². The Morgan fingerprint density at radius 1 is 1.37 bits per heavy atom. The molecule has 1 aromatic heterocycles. The molecule has 1 aliphatic heterocycles. The molecular weight excluding hydrogens is 296 g/mol. The highest BCUT2D eigenvalue weighted by Crippen LogP contribution is 2.14. The van der Waals surface area contributed by atoms with E-state index in [0.29, 0.717) is 0 Å². The first-order valence-corrected chi connectivity index (χ1v) is 6.97. The van der Waals surface area contributed by atoms with Crippen LogP contribution in [-0.4, -0.2) is 48.2 Å². The van der Waals surface area contributed by atoms with Crippen molar-refractivity contribution in [3.8, 4) is 0 Å². The van der Waals surface area contributed by atoms with Crippen molar-refractivity contribution in [2.75, 3.05) is 7.05 Å². The van der Waals surface area contributed by atoms with Crippen molar-refractivity contribution in [2.45, 2.75) is 17.4 Å². The molecule has 8 nitrogen and oxygen atoms in total. The van der Waals surface area contributed by atoms with Gasteiger partial charge in [-0.25, -0.2) is 18.4 Å². The monoisotopic (exact) mass is 304 g/mol. The van der Waals surface area contributed by atoms with Crippen LogP contribution in [0.5, 0.6) is 0 Å². The summed E-state index contributed by atoms with van der Waals surface area (Å²) in [6.45, 7) is 0. The minimum Gasteiger partial charge on any atom is -0.284 e. The van der Waals surface area contributed by atoms with Crippen LogP contribution >= 0.6 is 11.6 Å². The topological polar surface area (TPSA) is 109 Å². The highest BCUT2D eigenvalue weighted by Gasteiger charge is 2.38. The highest BCUT2D eigenvalue weighted by molar-refractivity contribution is 7.89. The predicted octanol–water partition coefficient (Wildman–Crippen LogP) is -0.834. The van der Waals surface area contributed by atoms with Gasteiger partial charge in [-0.3, -0.25) is 14.5 Å². The summed E-state index contributed by atoms with van der Waals surface area (Å²) in [6, 6.07) is -1.10. The molecule has 1 aliphatic rings. The first-order chi connectivity index (χ1) is 8.81. The summed E-state index contributed by atoms with van der Waals surface area (Å²) in [5, 5.41) is -0.0918.